The number of halogens is 2. The van der Waals surface area contributed by atoms with Crippen LogP contribution >= 0.6 is 0 Å². The van der Waals surface area contributed by atoms with Gasteiger partial charge in [0.1, 0.15) is 17.4 Å². The summed E-state index contributed by atoms with van der Waals surface area (Å²) >= 11 is 0. The molecule has 0 amide bonds. The number of hydrogen-bond acceptors (Lipinski definition) is 5. The molecular formula is C21H23F2N3O4. The van der Waals surface area contributed by atoms with E-state index in [2.05, 4.69) is 6.92 Å². The van der Waals surface area contributed by atoms with Gasteiger partial charge in [0.2, 0.25) is 5.43 Å². The topological polar surface area (TPSA) is 97.8 Å². The first kappa shape index (κ1) is 19.3. The Kier molecular flexibility index (Phi) is 3.96. The molecule has 0 spiro atoms. The average Bonchev–Trinajstić information content (AvgIpc) is 3.33. The highest BCUT2D eigenvalue weighted by molar-refractivity contribution is 5.97. The average molecular weight is 419 g/mol. The summed E-state index contributed by atoms with van der Waals surface area (Å²) in [5.74, 6) is -1.35. The molecule has 2 saturated carbocycles. The number of methoxy groups -OCH3 is 1. The lowest BCUT2D eigenvalue weighted by Crippen LogP contribution is -2.59. The molecule has 3 aliphatic rings. The van der Waals surface area contributed by atoms with Crippen molar-refractivity contribution in [2.75, 3.05) is 25.1 Å². The third-order valence-electron chi connectivity index (χ3n) is 7.02. The molecule has 5 atom stereocenters. The molecule has 0 bridgehead atoms. The summed E-state index contributed by atoms with van der Waals surface area (Å²) in [4.78, 5) is 26.1. The minimum atomic E-state index is -1.44. The number of pyridine rings is 1. The zero-order chi connectivity index (χ0) is 21.5. The molecular weight excluding hydrogens is 396 g/mol. The lowest BCUT2D eigenvalue weighted by atomic mass is 9.62. The van der Waals surface area contributed by atoms with E-state index in [1.165, 1.54) is 11.7 Å². The van der Waals surface area contributed by atoms with Crippen molar-refractivity contribution in [3.05, 3.63) is 33.9 Å². The van der Waals surface area contributed by atoms with E-state index in [9.17, 15) is 19.1 Å². The Morgan fingerprint density at radius 3 is 2.67 bits per heavy atom. The maximum atomic E-state index is 15.3. The van der Waals surface area contributed by atoms with Crippen LogP contribution in [0.25, 0.3) is 10.9 Å². The Bertz CT molecular complexity index is 1150. The van der Waals surface area contributed by atoms with Crippen molar-refractivity contribution in [1.82, 2.24) is 4.57 Å². The van der Waals surface area contributed by atoms with Gasteiger partial charge in [-0.3, -0.25) is 4.79 Å². The number of aromatic carboxylic acids is 1. The largest absolute Gasteiger partial charge is 0.492 e. The van der Waals surface area contributed by atoms with Gasteiger partial charge in [0.15, 0.2) is 11.6 Å². The number of ether oxygens (including phenoxy) is 1. The summed E-state index contributed by atoms with van der Waals surface area (Å²) in [5, 5.41) is 9.27. The van der Waals surface area contributed by atoms with Crippen LogP contribution in [0.5, 0.6) is 5.75 Å². The predicted molar refractivity (Wildman–Crippen MR) is 107 cm³/mol. The molecule has 4 unspecified atom stereocenters. The van der Waals surface area contributed by atoms with E-state index in [4.69, 9.17) is 10.5 Å². The molecule has 1 aromatic carbocycles. The number of nitrogens with two attached hydrogens (primary N) is 1. The summed E-state index contributed by atoms with van der Waals surface area (Å²) in [5.41, 5.74) is 5.15. The molecule has 1 aromatic heterocycles. The first-order chi connectivity index (χ1) is 14.2. The molecule has 1 saturated heterocycles. The monoisotopic (exact) mass is 419 g/mol. The fourth-order valence-electron chi connectivity index (χ4n) is 5.46. The molecule has 3 N–H and O–H groups in total. The van der Waals surface area contributed by atoms with Crippen molar-refractivity contribution in [3.8, 4) is 5.75 Å². The highest BCUT2D eigenvalue weighted by atomic mass is 19.1. The number of aromatic nitrogens is 1. The second kappa shape index (κ2) is 6.16. The van der Waals surface area contributed by atoms with Gasteiger partial charge in [0.25, 0.3) is 0 Å². The molecule has 7 nitrogen and oxygen atoms in total. The quantitative estimate of drug-likeness (QED) is 0.789. The van der Waals surface area contributed by atoms with E-state index < -0.39 is 35.0 Å². The highest BCUT2D eigenvalue weighted by Gasteiger charge is 2.55. The van der Waals surface area contributed by atoms with Gasteiger partial charge in [-0.15, -0.1) is 0 Å². The van der Waals surface area contributed by atoms with E-state index in [1.54, 1.807) is 0 Å². The normalized spacial score (nSPS) is 32.1. The smallest absolute Gasteiger partial charge is 0.341 e. The fourth-order valence-corrected chi connectivity index (χ4v) is 5.46. The number of carboxylic acid groups (broad SMARTS) is 1. The number of anilines is 1. The second-order valence-electron chi connectivity index (χ2n) is 8.94. The summed E-state index contributed by atoms with van der Waals surface area (Å²) in [6.07, 6.45) is 1.03. The SMILES string of the molecule is COc1c(N2CC3[C@@H](C)CC3(N)C2)c(F)cc2c(=O)c(C(=O)O)cn(C3CC3F)c12. The van der Waals surface area contributed by atoms with Gasteiger partial charge in [-0.25, -0.2) is 13.6 Å². The molecule has 3 fully saturated rings. The molecule has 5 rings (SSSR count). The molecule has 0 radical (unpaired) electrons. The van der Waals surface area contributed by atoms with Gasteiger partial charge < -0.3 is 25.0 Å². The van der Waals surface area contributed by atoms with Crippen LogP contribution in [0.4, 0.5) is 14.5 Å². The Labute approximate surface area is 171 Å². The lowest BCUT2D eigenvalue weighted by molar-refractivity contribution is 0.0694. The van der Waals surface area contributed by atoms with Crippen molar-refractivity contribution < 1.29 is 23.4 Å². The summed E-state index contributed by atoms with van der Waals surface area (Å²) in [6.45, 7) is 3.13. The van der Waals surface area contributed by atoms with E-state index in [0.717, 1.165) is 18.7 Å². The minimum Gasteiger partial charge on any atom is -0.492 e. The van der Waals surface area contributed by atoms with Crippen molar-refractivity contribution in [1.29, 1.82) is 0 Å². The molecule has 2 aromatic rings. The highest BCUT2D eigenvalue weighted by Crippen LogP contribution is 2.51. The Hall–Kier alpha value is -2.68. The summed E-state index contributed by atoms with van der Waals surface area (Å²) in [7, 11) is 1.36. The van der Waals surface area contributed by atoms with Crippen LogP contribution in [0.2, 0.25) is 0 Å². The van der Waals surface area contributed by atoms with Crippen molar-refractivity contribution in [3.63, 3.8) is 0 Å². The van der Waals surface area contributed by atoms with Crippen molar-refractivity contribution in [2.45, 2.75) is 37.5 Å². The van der Waals surface area contributed by atoms with E-state index in [1.807, 2.05) is 4.90 Å². The first-order valence-electron chi connectivity index (χ1n) is 10.0. The van der Waals surface area contributed by atoms with Crippen LogP contribution in [-0.4, -0.2) is 47.6 Å². The standard InChI is InChI=1S/C21H23F2N3O4/c1-9-5-21(24)8-25(7-12(9)21)17-14(23)3-10-16(19(17)30-2)26(15-4-13(15)22)6-11(18(10)27)20(28)29/h3,6,9,12-13,15H,4-5,7-8,24H2,1-2H3,(H,28,29)/t9-,12?,13?,15?,21?/m0/s1. The summed E-state index contributed by atoms with van der Waals surface area (Å²) < 4.78 is 36.3. The third-order valence-corrected chi connectivity index (χ3v) is 7.02. The second-order valence-corrected chi connectivity index (χ2v) is 8.94. The maximum Gasteiger partial charge on any atom is 0.341 e. The number of benzene rings is 1. The number of fused-ring (bicyclic) bond motifs is 2. The van der Waals surface area contributed by atoms with Gasteiger partial charge >= 0.3 is 5.97 Å². The van der Waals surface area contributed by atoms with Crippen LogP contribution in [0, 0.1) is 17.7 Å². The van der Waals surface area contributed by atoms with Gasteiger partial charge in [-0.05, 0) is 24.3 Å². The number of rotatable bonds is 4. The number of carbonyl (C=O) groups is 1. The van der Waals surface area contributed by atoms with Gasteiger partial charge in [0, 0.05) is 31.2 Å². The first-order valence-corrected chi connectivity index (χ1v) is 10.0. The van der Waals surface area contributed by atoms with Crippen LogP contribution < -0.4 is 20.8 Å². The third kappa shape index (κ3) is 2.50. The van der Waals surface area contributed by atoms with E-state index >= 15 is 4.39 Å². The Morgan fingerprint density at radius 1 is 1.43 bits per heavy atom. The molecule has 9 heteroatoms. The molecule has 1 aliphatic heterocycles. The maximum absolute atomic E-state index is 15.3. The molecule has 30 heavy (non-hydrogen) atoms. The minimum absolute atomic E-state index is 0.107. The van der Waals surface area contributed by atoms with Crippen molar-refractivity contribution >= 4 is 22.6 Å². The lowest BCUT2D eigenvalue weighted by Gasteiger charge is -2.46. The zero-order valence-corrected chi connectivity index (χ0v) is 16.7. The van der Waals surface area contributed by atoms with Gasteiger partial charge in [-0.1, -0.05) is 6.92 Å². The molecule has 160 valence electrons. The number of carboxylic acids is 1. The summed E-state index contributed by atoms with van der Waals surface area (Å²) in [6, 6.07) is 0.426. The number of hydrogen-bond donors (Lipinski definition) is 2. The Morgan fingerprint density at radius 2 is 2.13 bits per heavy atom. The van der Waals surface area contributed by atoms with E-state index in [-0.39, 0.29) is 40.2 Å². The van der Waals surface area contributed by atoms with Crippen LogP contribution in [0.1, 0.15) is 36.2 Å². The Balaban J connectivity index is 1.76. The van der Waals surface area contributed by atoms with Crippen molar-refractivity contribution in [2.24, 2.45) is 17.6 Å². The van der Waals surface area contributed by atoms with Gasteiger partial charge in [-0.2, -0.15) is 0 Å². The van der Waals surface area contributed by atoms with Crippen LogP contribution in [0.3, 0.4) is 0 Å². The predicted octanol–water partition coefficient (Wildman–Crippen LogP) is 2.30. The molecule has 2 heterocycles. The zero-order valence-electron chi connectivity index (χ0n) is 16.7. The molecule has 2 aliphatic carbocycles. The number of alkyl halides is 1. The number of nitrogens with zero attached hydrogens (tertiary/aromatic N) is 2. The van der Waals surface area contributed by atoms with Crippen LogP contribution in [0.15, 0.2) is 17.1 Å². The van der Waals surface area contributed by atoms with Gasteiger partial charge in [0.05, 0.1) is 24.1 Å². The van der Waals surface area contributed by atoms with Crippen LogP contribution in [-0.2, 0) is 0 Å². The van der Waals surface area contributed by atoms with E-state index in [0.29, 0.717) is 19.0 Å². The fraction of sp³-hybridized carbons (Fsp3) is 0.524.